The van der Waals surface area contributed by atoms with Crippen molar-refractivity contribution in [2.45, 2.75) is 31.7 Å². The van der Waals surface area contributed by atoms with Gasteiger partial charge in [-0.25, -0.2) is 0 Å². The minimum atomic E-state index is -0.756. The Hall–Kier alpha value is -1.36. The van der Waals surface area contributed by atoms with E-state index in [2.05, 4.69) is 5.32 Å². The maximum absolute atomic E-state index is 12.0. The number of carbonyl (C=O) groups excluding carboxylic acids is 1. The molecule has 1 heterocycles. The summed E-state index contributed by atoms with van der Waals surface area (Å²) in [6.45, 7) is 0. The first-order valence-corrected chi connectivity index (χ1v) is 7.62. The standard InChI is InChI=1S/C14H17NO3S/c16-11(5-8-3-4-19-7-8)15-13-10-2-1-9(6-10)12(13)14(17)18/h3-4,7,9-10,12-13H,1-2,5-6H2,(H,15,16)(H,17,18)/t9-,10-,12+,13-/m0/s1. The normalized spacial score (nSPS) is 32.4. The second-order valence-electron chi connectivity index (χ2n) is 5.60. The summed E-state index contributed by atoms with van der Waals surface area (Å²) in [4.78, 5) is 23.4. The molecule has 0 spiro atoms. The van der Waals surface area contributed by atoms with Crippen molar-refractivity contribution < 1.29 is 14.7 Å². The zero-order valence-corrected chi connectivity index (χ0v) is 11.4. The van der Waals surface area contributed by atoms with Crippen LogP contribution in [0.3, 0.4) is 0 Å². The number of aliphatic carboxylic acids is 1. The van der Waals surface area contributed by atoms with Crippen LogP contribution in [0.25, 0.3) is 0 Å². The van der Waals surface area contributed by atoms with Gasteiger partial charge in [0.1, 0.15) is 0 Å². The quantitative estimate of drug-likeness (QED) is 0.884. The van der Waals surface area contributed by atoms with Gasteiger partial charge in [0.15, 0.2) is 0 Å². The summed E-state index contributed by atoms with van der Waals surface area (Å²) in [5, 5.41) is 16.2. The molecule has 2 bridgehead atoms. The van der Waals surface area contributed by atoms with Gasteiger partial charge in [-0.1, -0.05) is 0 Å². The SMILES string of the molecule is O=C(Cc1ccsc1)N[C@H]1[C@H]2CC[C@@H](C2)[C@H]1C(=O)O. The fourth-order valence-corrected chi connectivity index (χ4v) is 4.34. The van der Waals surface area contributed by atoms with Gasteiger partial charge in [0, 0.05) is 6.04 Å². The zero-order valence-electron chi connectivity index (χ0n) is 10.5. The summed E-state index contributed by atoms with van der Waals surface area (Å²) in [5.74, 6) is -0.577. The highest BCUT2D eigenvalue weighted by atomic mass is 32.1. The molecular formula is C14H17NO3S. The van der Waals surface area contributed by atoms with E-state index in [0.29, 0.717) is 12.3 Å². The van der Waals surface area contributed by atoms with Gasteiger partial charge >= 0.3 is 5.97 Å². The van der Waals surface area contributed by atoms with Gasteiger partial charge in [-0.2, -0.15) is 11.3 Å². The Balaban J connectivity index is 1.65. The molecule has 0 aliphatic heterocycles. The fraction of sp³-hybridized carbons (Fsp3) is 0.571. The smallest absolute Gasteiger partial charge is 0.308 e. The number of hydrogen-bond donors (Lipinski definition) is 2. The molecular weight excluding hydrogens is 262 g/mol. The first kappa shape index (κ1) is 12.7. The van der Waals surface area contributed by atoms with Crippen molar-refractivity contribution in [3.8, 4) is 0 Å². The number of fused-ring (bicyclic) bond motifs is 2. The molecule has 2 fully saturated rings. The lowest BCUT2D eigenvalue weighted by atomic mass is 9.84. The highest BCUT2D eigenvalue weighted by molar-refractivity contribution is 7.07. The Labute approximate surface area is 115 Å². The predicted octanol–water partition coefficient (Wildman–Crippen LogP) is 1.91. The lowest BCUT2D eigenvalue weighted by molar-refractivity contribution is -0.144. The van der Waals surface area contributed by atoms with Crippen molar-refractivity contribution in [1.29, 1.82) is 0 Å². The van der Waals surface area contributed by atoms with Gasteiger partial charge in [0.05, 0.1) is 12.3 Å². The van der Waals surface area contributed by atoms with Crippen molar-refractivity contribution >= 4 is 23.2 Å². The lowest BCUT2D eigenvalue weighted by Crippen LogP contribution is -2.47. The lowest BCUT2D eigenvalue weighted by Gasteiger charge is -2.28. The predicted molar refractivity (Wildman–Crippen MR) is 71.9 cm³/mol. The van der Waals surface area contributed by atoms with E-state index in [1.165, 1.54) is 0 Å². The molecule has 0 saturated heterocycles. The number of carboxylic acids is 1. The van der Waals surface area contributed by atoms with E-state index in [9.17, 15) is 14.7 Å². The summed E-state index contributed by atoms with van der Waals surface area (Å²) >= 11 is 1.57. The van der Waals surface area contributed by atoms with Gasteiger partial charge in [-0.05, 0) is 53.5 Å². The van der Waals surface area contributed by atoms with E-state index in [1.54, 1.807) is 11.3 Å². The Morgan fingerprint density at radius 1 is 1.37 bits per heavy atom. The van der Waals surface area contributed by atoms with Crippen LogP contribution < -0.4 is 5.32 Å². The fourth-order valence-electron chi connectivity index (χ4n) is 3.67. The third-order valence-electron chi connectivity index (χ3n) is 4.47. The number of thiophene rings is 1. The van der Waals surface area contributed by atoms with Crippen LogP contribution in [0, 0.1) is 17.8 Å². The molecule has 4 nitrogen and oxygen atoms in total. The summed E-state index contributed by atoms with van der Waals surface area (Å²) in [6, 6.07) is 1.77. The molecule has 1 aromatic heterocycles. The monoisotopic (exact) mass is 279 g/mol. The highest BCUT2D eigenvalue weighted by Crippen LogP contribution is 2.48. The second-order valence-corrected chi connectivity index (χ2v) is 6.38. The van der Waals surface area contributed by atoms with Gasteiger partial charge < -0.3 is 10.4 Å². The third-order valence-corrected chi connectivity index (χ3v) is 5.21. The molecule has 2 aliphatic rings. The maximum atomic E-state index is 12.0. The van der Waals surface area contributed by atoms with E-state index in [1.807, 2.05) is 16.8 Å². The number of carbonyl (C=O) groups is 2. The largest absolute Gasteiger partial charge is 0.481 e. The second kappa shape index (κ2) is 4.96. The minimum absolute atomic E-state index is 0.0535. The van der Waals surface area contributed by atoms with Gasteiger partial charge in [-0.15, -0.1) is 0 Å². The molecule has 19 heavy (non-hydrogen) atoms. The van der Waals surface area contributed by atoms with Crippen LogP contribution in [0.2, 0.25) is 0 Å². The summed E-state index contributed by atoms with van der Waals surface area (Å²) in [6.07, 6.45) is 3.36. The maximum Gasteiger partial charge on any atom is 0.308 e. The zero-order chi connectivity index (χ0) is 13.4. The molecule has 1 aromatic rings. The topological polar surface area (TPSA) is 66.4 Å². The van der Waals surface area contributed by atoms with Crippen molar-refractivity contribution in [3.63, 3.8) is 0 Å². The third kappa shape index (κ3) is 2.39. The van der Waals surface area contributed by atoms with Crippen LogP contribution in [0.15, 0.2) is 16.8 Å². The van der Waals surface area contributed by atoms with Crippen molar-refractivity contribution in [2.75, 3.05) is 0 Å². The molecule has 2 saturated carbocycles. The van der Waals surface area contributed by atoms with Gasteiger partial charge in [-0.3, -0.25) is 9.59 Å². The minimum Gasteiger partial charge on any atom is -0.481 e. The average molecular weight is 279 g/mol. The summed E-state index contributed by atoms with van der Waals surface area (Å²) < 4.78 is 0. The van der Waals surface area contributed by atoms with Crippen LogP contribution in [-0.2, 0) is 16.0 Å². The summed E-state index contributed by atoms with van der Waals surface area (Å²) in [5.41, 5.74) is 0.998. The molecule has 4 atom stereocenters. The number of carboxylic acid groups (broad SMARTS) is 1. The average Bonchev–Trinajstić information content (AvgIpc) is 3.03. The van der Waals surface area contributed by atoms with E-state index >= 15 is 0 Å². The molecule has 102 valence electrons. The van der Waals surface area contributed by atoms with Crippen molar-refractivity contribution in [2.24, 2.45) is 17.8 Å². The Morgan fingerprint density at radius 2 is 2.16 bits per heavy atom. The van der Waals surface area contributed by atoms with Crippen molar-refractivity contribution in [3.05, 3.63) is 22.4 Å². The molecule has 2 aliphatic carbocycles. The first-order valence-electron chi connectivity index (χ1n) is 6.68. The molecule has 2 N–H and O–H groups in total. The number of rotatable bonds is 4. The molecule has 5 heteroatoms. The molecule has 1 amide bonds. The van der Waals surface area contributed by atoms with Crippen LogP contribution in [0.4, 0.5) is 0 Å². The van der Waals surface area contributed by atoms with Crippen LogP contribution in [0.1, 0.15) is 24.8 Å². The van der Waals surface area contributed by atoms with Crippen LogP contribution in [-0.4, -0.2) is 23.0 Å². The van der Waals surface area contributed by atoms with Crippen LogP contribution in [0.5, 0.6) is 0 Å². The Morgan fingerprint density at radius 3 is 2.84 bits per heavy atom. The van der Waals surface area contributed by atoms with E-state index < -0.39 is 5.97 Å². The first-order chi connectivity index (χ1) is 9.15. The Kier molecular flexibility index (Phi) is 3.31. The highest BCUT2D eigenvalue weighted by Gasteiger charge is 2.51. The molecule has 0 radical (unpaired) electrons. The van der Waals surface area contributed by atoms with E-state index in [4.69, 9.17) is 0 Å². The summed E-state index contributed by atoms with van der Waals surface area (Å²) in [7, 11) is 0. The Bertz CT molecular complexity index is 485. The van der Waals surface area contributed by atoms with E-state index in [0.717, 1.165) is 24.8 Å². The number of nitrogens with one attached hydrogen (secondary N) is 1. The van der Waals surface area contributed by atoms with Gasteiger partial charge in [0.25, 0.3) is 0 Å². The van der Waals surface area contributed by atoms with Crippen molar-refractivity contribution in [1.82, 2.24) is 5.32 Å². The van der Waals surface area contributed by atoms with Crippen LogP contribution >= 0.6 is 11.3 Å². The number of amides is 1. The van der Waals surface area contributed by atoms with Gasteiger partial charge in [0.2, 0.25) is 5.91 Å². The molecule has 3 rings (SSSR count). The van der Waals surface area contributed by atoms with E-state index in [-0.39, 0.29) is 23.8 Å². The number of hydrogen-bond acceptors (Lipinski definition) is 3. The molecule has 0 unspecified atom stereocenters. The molecule has 0 aromatic carbocycles.